The molecule has 0 aliphatic carbocycles. The van der Waals surface area contributed by atoms with Crippen LogP contribution in [0.5, 0.6) is 5.88 Å². The average Bonchev–Trinajstić information content (AvgIpc) is 2.75. The lowest BCUT2D eigenvalue weighted by atomic mass is 9.80. The normalized spacial score (nSPS) is 18.9. The molecule has 1 aliphatic heterocycles. The second-order valence-corrected chi connectivity index (χ2v) is 6.67. The van der Waals surface area contributed by atoms with Gasteiger partial charge in [0.2, 0.25) is 5.88 Å². The summed E-state index contributed by atoms with van der Waals surface area (Å²) in [5.74, 6) is 0.543. The van der Waals surface area contributed by atoms with Crippen molar-refractivity contribution in [3.63, 3.8) is 0 Å². The maximum atomic E-state index is 6.05. The van der Waals surface area contributed by atoms with Gasteiger partial charge >= 0.3 is 7.12 Å². The topological polar surface area (TPSA) is 53.5 Å². The Kier molecular flexibility index (Phi) is 4.12. The summed E-state index contributed by atoms with van der Waals surface area (Å²) in [6, 6.07) is 7.59. The molecule has 1 saturated heterocycles. The molecule has 6 heteroatoms. The summed E-state index contributed by atoms with van der Waals surface area (Å²) in [5.41, 5.74) is 1.17. The Bertz CT molecular complexity index is 661. The van der Waals surface area contributed by atoms with E-state index in [4.69, 9.17) is 14.0 Å². The van der Waals surface area contributed by atoms with Crippen LogP contribution in [0.15, 0.2) is 42.9 Å². The molecule has 1 fully saturated rings. The molecule has 3 rings (SSSR count). The highest BCUT2D eigenvalue weighted by Gasteiger charge is 2.51. The third kappa shape index (κ3) is 3.38. The largest absolute Gasteiger partial charge is 0.495 e. The third-order valence-electron chi connectivity index (χ3n) is 4.39. The molecular weight excluding hydrogens is 291 g/mol. The lowest BCUT2D eigenvalue weighted by Crippen LogP contribution is -2.41. The van der Waals surface area contributed by atoms with Crippen LogP contribution in [0.1, 0.15) is 33.3 Å². The fourth-order valence-electron chi connectivity index (χ4n) is 2.27. The minimum Gasteiger partial charge on any atom is -0.473 e. The first-order valence-corrected chi connectivity index (χ1v) is 7.71. The van der Waals surface area contributed by atoms with E-state index in [2.05, 4.69) is 9.97 Å². The van der Waals surface area contributed by atoms with Gasteiger partial charge in [-0.3, -0.25) is 4.98 Å². The van der Waals surface area contributed by atoms with Crippen molar-refractivity contribution >= 4 is 12.6 Å². The van der Waals surface area contributed by atoms with Gasteiger partial charge in [-0.25, -0.2) is 4.98 Å². The highest BCUT2D eigenvalue weighted by atomic mass is 16.7. The second kappa shape index (κ2) is 5.94. The van der Waals surface area contributed by atoms with Crippen LogP contribution in [-0.2, 0) is 15.9 Å². The Labute approximate surface area is 137 Å². The van der Waals surface area contributed by atoms with Crippen LogP contribution >= 0.6 is 0 Å². The Morgan fingerprint density at radius 1 is 1.09 bits per heavy atom. The summed E-state index contributed by atoms with van der Waals surface area (Å²) in [7, 11) is -0.413. The Morgan fingerprint density at radius 3 is 2.48 bits per heavy atom. The van der Waals surface area contributed by atoms with Crippen LogP contribution in [0.2, 0.25) is 0 Å². The second-order valence-electron chi connectivity index (χ2n) is 6.67. The van der Waals surface area contributed by atoms with E-state index in [1.54, 1.807) is 18.6 Å². The van der Waals surface area contributed by atoms with Crippen molar-refractivity contribution in [3.05, 3.63) is 48.4 Å². The summed E-state index contributed by atoms with van der Waals surface area (Å²) in [4.78, 5) is 8.31. The van der Waals surface area contributed by atoms with E-state index in [1.165, 1.54) is 0 Å². The van der Waals surface area contributed by atoms with Crippen LogP contribution in [0.3, 0.4) is 0 Å². The minimum absolute atomic E-state index is 0.363. The van der Waals surface area contributed by atoms with E-state index in [-0.39, 0.29) is 11.2 Å². The highest BCUT2D eigenvalue weighted by Crippen LogP contribution is 2.36. The first-order chi connectivity index (χ1) is 10.9. The monoisotopic (exact) mass is 312 g/mol. The molecule has 3 heterocycles. The zero-order valence-corrected chi connectivity index (χ0v) is 13.9. The quantitative estimate of drug-likeness (QED) is 0.811. The van der Waals surface area contributed by atoms with E-state index in [0.29, 0.717) is 12.5 Å². The zero-order chi connectivity index (χ0) is 16.5. The highest BCUT2D eigenvalue weighted by molar-refractivity contribution is 6.62. The molecule has 1 aliphatic rings. The van der Waals surface area contributed by atoms with Crippen molar-refractivity contribution < 1.29 is 14.0 Å². The van der Waals surface area contributed by atoms with Crippen molar-refractivity contribution in [3.8, 4) is 5.88 Å². The molecule has 0 N–H and O–H groups in total. The predicted octanol–water partition coefficient (Wildman–Crippen LogP) is 2.35. The van der Waals surface area contributed by atoms with Gasteiger partial charge in [-0.15, -0.1) is 0 Å². The number of rotatable bonds is 4. The summed E-state index contributed by atoms with van der Waals surface area (Å²) in [5, 5.41) is 0. The molecule has 120 valence electrons. The van der Waals surface area contributed by atoms with Gasteiger partial charge in [0.05, 0.1) is 11.2 Å². The van der Waals surface area contributed by atoms with Gasteiger partial charge in [-0.2, -0.15) is 0 Å². The molecule has 23 heavy (non-hydrogen) atoms. The number of hydrogen-bond acceptors (Lipinski definition) is 5. The summed E-state index contributed by atoms with van der Waals surface area (Å²) < 4.78 is 17.8. The van der Waals surface area contributed by atoms with Crippen LogP contribution in [-0.4, -0.2) is 28.3 Å². The Morgan fingerprint density at radius 2 is 1.83 bits per heavy atom. The van der Waals surface area contributed by atoms with E-state index >= 15 is 0 Å². The van der Waals surface area contributed by atoms with Crippen LogP contribution in [0, 0.1) is 0 Å². The predicted molar refractivity (Wildman–Crippen MR) is 88.5 cm³/mol. The van der Waals surface area contributed by atoms with Gasteiger partial charge in [0, 0.05) is 30.2 Å². The van der Waals surface area contributed by atoms with Crippen molar-refractivity contribution in [1.82, 2.24) is 9.97 Å². The molecule has 0 saturated carbocycles. The zero-order valence-electron chi connectivity index (χ0n) is 13.9. The fourth-order valence-corrected chi connectivity index (χ4v) is 2.27. The van der Waals surface area contributed by atoms with Crippen molar-refractivity contribution in [1.29, 1.82) is 0 Å². The lowest BCUT2D eigenvalue weighted by molar-refractivity contribution is 0.00578. The SMILES string of the molecule is CC1(C)OB(c2ccnc(OCc3cccnc3)c2)OC1(C)C. The first kappa shape index (κ1) is 16.0. The molecule has 0 bridgehead atoms. The van der Waals surface area contributed by atoms with Crippen molar-refractivity contribution in [2.75, 3.05) is 0 Å². The summed E-state index contributed by atoms with van der Waals surface area (Å²) in [6.07, 6.45) is 5.22. The number of hydrogen-bond donors (Lipinski definition) is 0. The van der Waals surface area contributed by atoms with Crippen molar-refractivity contribution in [2.45, 2.75) is 45.5 Å². The maximum absolute atomic E-state index is 6.05. The maximum Gasteiger partial charge on any atom is 0.495 e. The smallest absolute Gasteiger partial charge is 0.473 e. The Hall–Kier alpha value is -1.92. The number of ether oxygens (including phenoxy) is 1. The van der Waals surface area contributed by atoms with Crippen LogP contribution in [0.25, 0.3) is 0 Å². The average molecular weight is 312 g/mol. The van der Waals surface area contributed by atoms with Gasteiger partial charge in [-0.1, -0.05) is 6.07 Å². The molecule has 0 radical (unpaired) electrons. The molecule has 0 aromatic carbocycles. The molecule has 0 atom stereocenters. The molecule has 0 unspecified atom stereocenters. The van der Waals surface area contributed by atoms with E-state index < -0.39 is 7.12 Å². The minimum atomic E-state index is -0.413. The lowest BCUT2D eigenvalue weighted by Gasteiger charge is -2.32. The van der Waals surface area contributed by atoms with Crippen LogP contribution in [0.4, 0.5) is 0 Å². The summed E-state index contributed by atoms with van der Waals surface area (Å²) >= 11 is 0. The van der Waals surface area contributed by atoms with Gasteiger partial charge in [0.15, 0.2) is 0 Å². The first-order valence-electron chi connectivity index (χ1n) is 7.71. The van der Waals surface area contributed by atoms with E-state index in [0.717, 1.165) is 11.0 Å². The molecule has 0 spiro atoms. The molecule has 0 amide bonds. The van der Waals surface area contributed by atoms with E-state index in [1.807, 2.05) is 52.0 Å². The van der Waals surface area contributed by atoms with Gasteiger partial charge in [0.1, 0.15) is 6.61 Å². The van der Waals surface area contributed by atoms with Crippen molar-refractivity contribution in [2.24, 2.45) is 0 Å². The molecule has 2 aromatic rings. The summed E-state index contributed by atoms with van der Waals surface area (Å²) in [6.45, 7) is 8.57. The molecule has 5 nitrogen and oxygen atoms in total. The number of pyridine rings is 2. The van der Waals surface area contributed by atoms with E-state index in [9.17, 15) is 0 Å². The van der Waals surface area contributed by atoms with Gasteiger partial charge < -0.3 is 14.0 Å². The van der Waals surface area contributed by atoms with Gasteiger partial charge in [-0.05, 0) is 45.3 Å². The number of nitrogens with zero attached hydrogens (tertiary/aromatic N) is 2. The van der Waals surface area contributed by atoms with Crippen LogP contribution < -0.4 is 10.2 Å². The number of aromatic nitrogens is 2. The fraction of sp³-hybridized carbons (Fsp3) is 0.412. The van der Waals surface area contributed by atoms with Gasteiger partial charge in [0.25, 0.3) is 0 Å². The Balaban J connectivity index is 1.71. The standard InChI is InChI=1S/C17H21BN2O3/c1-16(2)17(3,4)23-18(22-16)14-7-9-20-15(10-14)21-12-13-6-5-8-19-11-13/h5-11H,12H2,1-4H3. The third-order valence-corrected chi connectivity index (χ3v) is 4.39. The molecule has 2 aromatic heterocycles. The molecular formula is C17H21BN2O3.